The summed E-state index contributed by atoms with van der Waals surface area (Å²) in [4.78, 5) is 12.5. The van der Waals surface area contributed by atoms with Gasteiger partial charge in [-0.05, 0) is 12.1 Å². The lowest BCUT2D eigenvalue weighted by molar-refractivity contribution is 0.0951. The van der Waals surface area contributed by atoms with Crippen LogP contribution in [0.25, 0.3) is 11.3 Å². The summed E-state index contributed by atoms with van der Waals surface area (Å²) in [7, 11) is 5.65. The number of benzene rings is 1. The van der Waals surface area contributed by atoms with Crippen LogP contribution in [-0.4, -0.2) is 18.9 Å². The second-order valence-corrected chi connectivity index (χ2v) is 6.30. The Labute approximate surface area is 137 Å². The molecule has 7 heteroatoms. The smallest absolute Gasteiger partial charge is 0.261 e. The summed E-state index contributed by atoms with van der Waals surface area (Å²) in [5.41, 5.74) is 2.29. The van der Waals surface area contributed by atoms with Gasteiger partial charge < -0.3 is 9.84 Å². The zero-order valence-electron chi connectivity index (χ0n) is 11.4. The summed E-state index contributed by atoms with van der Waals surface area (Å²) < 4.78 is 5.80. The Kier molecular flexibility index (Phi) is 4.31. The minimum absolute atomic E-state index is 0.192. The van der Waals surface area contributed by atoms with E-state index in [4.69, 9.17) is 24.0 Å². The van der Waals surface area contributed by atoms with Crippen molar-refractivity contribution < 1.29 is 9.32 Å². The average molecular weight is 329 g/mol. The first-order valence-electron chi connectivity index (χ1n) is 6.47. The molecule has 0 unspecified atom stereocenters. The first kappa shape index (κ1) is 14.9. The number of carbonyl (C=O) groups is 1. The second kappa shape index (κ2) is 6.38. The molecule has 3 rings (SSSR count). The SMILES string of the molecule is [B]c1ccc(-c2cc(CNC(=O)c3ccc(Cl)s3)on2)cc1. The maximum Gasteiger partial charge on any atom is 0.261 e. The van der Waals surface area contributed by atoms with E-state index in [1.54, 1.807) is 30.3 Å². The van der Waals surface area contributed by atoms with Crippen LogP contribution in [0.3, 0.4) is 0 Å². The fourth-order valence-electron chi connectivity index (χ4n) is 1.88. The first-order valence-corrected chi connectivity index (χ1v) is 7.66. The van der Waals surface area contributed by atoms with E-state index in [-0.39, 0.29) is 12.5 Å². The quantitative estimate of drug-likeness (QED) is 0.749. The molecule has 0 aliphatic carbocycles. The lowest BCUT2D eigenvalue weighted by Crippen LogP contribution is -2.21. The van der Waals surface area contributed by atoms with Gasteiger partial charge in [-0.15, -0.1) is 11.3 Å². The van der Waals surface area contributed by atoms with Crippen LogP contribution in [0.2, 0.25) is 4.34 Å². The van der Waals surface area contributed by atoms with Crippen molar-refractivity contribution in [3.8, 4) is 11.3 Å². The molecule has 0 aliphatic heterocycles. The predicted molar refractivity (Wildman–Crippen MR) is 87.8 cm³/mol. The van der Waals surface area contributed by atoms with E-state index in [0.29, 0.717) is 26.1 Å². The van der Waals surface area contributed by atoms with Crippen LogP contribution in [-0.2, 0) is 6.54 Å². The second-order valence-electron chi connectivity index (χ2n) is 4.59. The van der Waals surface area contributed by atoms with Gasteiger partial charge in [0.25, 0.3) is 5.91 Å². The van der Waals surface area contributed by atoms with E-state index >= 15 is 0 Å². The highest BCUT2D eigenvalue weighted by atomic mass is 35.5. The molecule has 3 aromatic rings. The Hall–Kier alpha value is -2.05. The van der Waals surface area contributed by atoms with Crippen LogP contribution < -0.4 is 10.8 Å². The number of hydrogen-bond donors (Lipinski definition) is 1. The molecule has 1 aromatic carbocycles. The molecular weight excluding hydrogens is 319 g/mol. The maximum atomic E-state index is 11.9. The fraction of sp³-hybridized carbons (Fsp3) is 0.0667. The fourth-order valence-corrected chi connectivity index (χ4v) is 2.84. The molecule has 0 spiro atoms. The maximum absolute atomic E-state index is 11.9. The molecule has 0 saturated carbocycles. The van der Waals surface area contributed by atoms with Gasteiger partial charge in [0.1, 0.15) is 13.5 Å². The third kappa shape index (κ3) is 3.40. The Bertz CT molecular complexity index is 798. The molecule has 0 fully saturated rings. The van der Waals surface area contributed by atoms with Crippen LogP contribution in [0.4, 0.5) is 0 Å². The lowest BCUT2D eigenvalue weighted by atomic mass is 9.95. The van der Waals surface area contributed by atoms with Gasteiger partial charge in [0.2, 0.25) is 0 Å². The number of thiophene rings is 1. The number of hydrogen-bond acceptors (Lipinski definition) is 4. The van der Waals surface area contributed by atoms with Gasteiger partial charge in [-0.25, -0.2) is 0 Å². The Morgan fingerprint density at radius 1 is 1.27 bits per heavy atom. The number of carbonyl (C=O) groups excluding carboxylic acids is 1. The summed E-state index contributed by atoms with van der Waals surface area (Å²) in [6, 6.07) is 12.5. The third-order valence-electron chi connectivity index (χ3n) is 2.99. The standard InChI is InChI=1S/C15H10BClN2O2S/c16-10-3-1-9(2-4-10)12-7-11(21-19-12)8-18-15(20)13-5-6-14(17)22-13/h1-7H,8H2,(H,18,20). The minimum atomic E-state index is -0.192. The monoisotopic (exact) mass is 328 g/mol. The van der Waals surface area contributed by atoms with Crippen LogP contribution in [0.15, 0.2) is 47.0 Å². The molecule has 22 heavy (non-hydrogen) atoms. The van der Waals surface area contributed by atoms with Crippen molar-refractivity contribution in [2.45, 2.75) is 6.54 Å². The summed E-state index contributed by atoms with van der Waals surface area (Å²) in [5, 5.41) is 6.75. The van der Waals surface area contributed by atoms with Crippen LogP contribution in [0, 0.1) is 0 Å². The highest BCUT2D eigenvalue weighted by Gasteiger charge is 2.11. The van der Waals surface area contributed by atoms with Crippen molar-refractivity contribution in [1.82, 2.24) is 10.5 Å². The normalized spacial score (nSPS) is 10.6. The summed E-state index contributed by atoms with van der Waals surface area (Å²) >= 11 is 7.03. The molecule has 1 N–H and O–H groups in total. The number of halogens is 1. The number of rotatable bonds is 4. The highest BCUT2D eigenvalue weighted by molar-refractivity contribution is 7.17. The van der Waals surface area contributed by atoms with Gasteiger partial charge in [-0.1, -0.05) is 46.5 Å². The zero-order chi connectivity index (χ0) is 15.5. The molecule has 108 valence electrons. The Balaban J connectivity index is 1.64. The summed E-state index contributed by atoms with van der Waals surface area (Å²) in [6.45, 7) is 0.260. The van der Waals surface area contributed by atoms with Gasteiger partial charge in [0.05, 0.1) is 15.8 Å². The molecule has 4 nitrogen and oxygen atoms in total. The molecule has 2 radical (unpaired) electrons. The van der Waals surface area contributed by atoms with Crippen molar-refractivity contribution in [3.63, 3.8) is 0 Å². The number of amides is 1. The molecule has 0 saturated heterocycles. The van der Waals surface area contributed by atoms with Gasteiger partial charge in [-0.2, -0.15) is 0 Å². The minimum Gasteiger partial charge on any atom is -0.359 e. The largest absolute Gasteiger partial charge is 0.359 e. The number of aromatic nitrogens is 1. The first-order chi connectivity index (χ1) is 10.6. The van der Waals surface area contributed by atoms with E-state index in [2.05, 4.69) is 10.5 Å². The Morgan fingerprint density at radius 3 is 2.73 bits per heavy atom. The van der Waals surface area contributed by atoms with E-state index < -0.39 is 0 Å². The van der Waals surface area contributed by atoms with Gasteiger partial charge in [-0.3, -0.25) is 4.79 Å². The number of nitrogens with zero attached hydrogens (tertiary/aromatic N) is 1. The topological polar surface area (TPSA) is 55.1 Å². The average Bonchev–Trinajstić information content (AvgIpc) is 3.15. The molecule has 2 aromatic heterocycles. The molecular formula is C15H10BClN2O2S. The highest BCUT2D eigenvalue weighted by Crippen LogP contribution is 2.21. The van der Waals surface area contributed by atoms with E-state index in [9.17, 15) is 4.79 Å². The van der Waals surface area contributed by atoms with Crippen LogP contribution in [0.1, 0.15) is 15.4 Å². The van der Waals surface area contributed by atoms with Crippen molar-refractivity contribution in [2.75, 3.05) is 0 Å². The number of nitrogens with one attached hydrogen (secondary N) is 1. The molecule has 1 amide bonds. The van der Waals surface area contributed by atoms with Crippen molar-refractivity contribution >= 4 is 42.2 Å². The van der Waals surface area contributed by atoms with Gasteiger partial charge >= 0.3 is 0 Å². The lowest BCUT2D eigenvalue weighted by Gasteiger charge is -1.99. The van der Waals surface area contributed by atoms with Gasteiger partial charge in [0, 0.05) is 11.6 Å². The van der Waals surface area contributed by atoms with Crippen molar-refractivity contribution in [3.05, 3.63) is 57.4 Å². The molecule has 2 heterocycles. The van der Waals surface area contributed by atoms with Crippen LogP contribution >= 0.6 is 22.9 Å². The van der Waals surface area contributed by atoms with Crippen molar-refractivity contribution in [2.24, 2.45) is 0 Å². The van der Waals surface area contributed by atoms with E-state index in [0.717, 1.165) is 5.56 Å². The molecule has 0 aliphatic rings. The molecule has 0 bridgehead atoms. The summed E-state index contributed by atoms with van der Waals surface area (Å²) in [5.74, 6) is 0.380. The predicted octanol–water partition coefficient (Wildman–Crippen LogP) is 2.78. The van der Waals surface area contributed by atoms with Crippen LogP contribution in [0.5, 0.6) is 0 Å². The van der Waals surface area contributed by atoms with E-state index in [1.165, 1.54) is 11.3 Å². The summed E-state index contributed by atoms with van der Waals surface area (Å²) in [6.07, 6.45) is 0. The third-order valence-corrected chi connectivity index (χ3v) is 4.22. The molecule has 0 atom stereocenters. The van der Waals surface area contributed by atoms with Crippen molar-refractivity contribution in [1.29, 1.82) is 0 Å². The zero-order valence-corrected chi connectivity index (χ0v) is 12.9. The Morgan fingerprint density at radius 2 is 2.05 bits per heavy atom. The van der Waals surface area contributed by atoms with E-state index in [1.807, 2.05) is 12.1 Å². The van der Waals surface area contributed by atoms with Gasteiger partial charge in [0.15, 0.2) is 5.76 Å².